The Morgan fingerprint density at radius 1 is 1.23 bits per heavy atom. The van der Waals surface area contributed by atoms with E-state index in [9.17, 15) is 4.79 Å². The predicted octanol–water partition coefficient (Wildman–Crippen LogP) is 2.96. The molecule has 0 aromatic heterocycles. The molecule has 1 heterocycles. The zero-order chi connectivity index (χ0) is 15.1. The summed E-state index contributed by atoms with van der Waals surface area (Å²) in [6, 6.07) is 5.18. The maximum absolute atomic E-state index is 12.2. The molecule has 5 heteroatoms. The lowest BCUT2D eigenvalue weighted by Crippen LogP contribution is -2.24. The molecule has 1 aromatic rings. The van der Waals surface area contributed by atoms with E-state index in [1.54, 1.807) is 18.2 Å². The summed E-state index contributed by atoms with van der Waals surface area (Å²) in [4.78, 5) is 12.2. The van der Waals surface area contributed by atoms with Crippen LogP contribution in [0.1, 0.15) is 43.0 Å². The average Bonchev–Trinajstić information content (AvgIpc) is 3.26. The lowest BCUT2D eigenvalue weighted by atomic mass is 9.86. The average molecular weight is 300 g/mol. The van der Waals surface area contributed by atoms with E-state index in [-0.39, 0.29) is 12.7 Å². The van der Waals surface area contributed by atoms with Crippen molar-refractivity contribution in [2.45, 2.75) is 32.6 Å². The standard InChI is InChI=1S/C17H20N2O3/c1-10(14-7-11-2-3-12(14)6-11)18-19-17(20)13-4-5-15-16(8-13)22-9-21-15/h4-5,8,11-12,14H,2-3,6-7,9H2,1H3,(H,19,20)/b18-10-/t11-,12+,14+/m0/s1. The van der Waals surface area contributed by atoms with Gasteiger partial charge in [0.25, 0.3) is 5.91 Å². The van der Waals surface area contributed by atoms with Crippen molar-refractivity contribution < 1.29 is 14.3 Å². The van der Waals surface area contributed by atoms with Gasteiger partial charge in [0.05, 0.1) is 0 Å². The molecule has 1 aromatic carbocycles. The fraction of sp³-hybridized carbons (Fsp3) is 0.529. The van der Waals surface area contributed by atoms with E-state index in [1.807, 2.05) is 6.92 Å². The van der Waals surface area contributed by atoms with Crippen molar-refractivity contribution in [3.63, 3.8) is 0 Å². The van der Waals surface area contributed by atoms with Crippen molar-refractivity contribution in [2.75, 3.05) is 6.79 Å². The Labute approximate surface area is 129 Å². The first-order valence-electron chi connectivity index (χ1n) is 7.95. The molecule has 2 aliphatic carbocycles. The highest BCUT2D eigenvalue weighted by Crippen LogP contribution is 2.48. The number of carbonyl (C=O) groups is 1. The number of fused-ring (bicyclic) bond motifs is 3. The van der Waals surface area contributed by atoms with Crippen LogP contribution in [0.15, 0.2) is 23.3 Å². The third-order valence-electron chi connectivity index (χ3n) is 5.24. The van der Waals surface area contributed by atoms with Crippen molar-refractivity contribution >= 4 is 11.6 Å². The number of hydrazone groups is 1. The summed E-state index contributed by atoms with van der Waals surface area (Å²) in [5.41, 5.74) is 4.27. The second-order valence-electron chi connectivity index (χ2n) is 6.54. The number of amides is 1. The van der Waals surface area contributed by atoms with Crippen LogP contribution in [0.25, 0.3) is 0 Å². The Morgan fingerprint density at radius 2 is 2.09 bits per heavy atom. The lowest BCUT2D eigenvalue weighted by molar-refractivity contribution is 0.0954. The van der Waals surface area contributed by atoms with Crippen molar-refractivity contribution in [2.24, 2.45) is 22.9 Å². The summed E-state index contributed by atoms with van der Waals surface area (Å²) in [5, 5.41) is 4.34. The van der Waals surface area contributed by atoms with Crippen molar-refractivity contribution in [3.8, 4) is 11.5 Å². The monoisotopic (exact) mass is 300 g/mol. The first-order valence-corrected chi connectivity index (χ1v) is 7.95. The molecular weight excluding hydrogens is 280 g/mol. The van der Waals surface area contributed by atoms with Gasteiger partial charge in [-0.3, -0.25) is 4.79 Å². The van der Waals surface area contributed by atoms with Gasteiger partial charge < -0.3 is 9.47 Å². The van der Waals surface area contributed by atoms with Gasteiger partial charge in [-0.2, -0.15) is 5.10 Å². The van der Waals surface area contributed by atoms with E-state index in [2.05, 4.69) is 10.5 Å². The number of ether oxygens (including phenoxy) is 2. The third-order valence-corrected chi connectivity index (χ3v) is 5.24. The molecule has 5 nitrogen and oxygen atoms in total. The molecule has 22 heavy (non-hydrogen) atoms. The molecule has 3 atom stereocenters. The van der Waals surface area contributed by atoms with E-state index in [4.69, 9.17) is 9.47 Å². The normalized spacial score (nSPS) is 29.0. The topological polar surface area (TPSA) is 59.9 Å². The van der Waals surface area contributed by atoms with E-state index in [0.717, 1.165) is 17.5 Å². The van der Waals surface area contributed by atoms with E-state index < -0.39 is 0 Å². The highest BCUT2D eigenvalue weighted by molar-refractivity contribution is 5.96. The summed E-state index contributed by atoms with van der Waals surface area (Å²) < 4.78 is 10.5. The SMILES string of the molecule is C/C(=N/NC(=O)c1ccc2c(c1)OCO2)[C@H]1C[C@H]2CC[C@@H]1C2. The van der Waals surface area contributed by atoms with Gasteiger partial charge in [0.2, 0.25) is 6.79 Å². The highest BCUT2D eigenvalue weighted by atomic mass is 16.7. The number of hydrogen-bond acceptors (Lipinski definition) is 4. The van der Waals surface area contributed by atoms with Gasteiger partial charge in [-0.1, -0.05) is 6.42 Å². The minimum atomic E-state index is -0.208. The Balaban J connectivity index is 1.42. The van der Waals surface area contributed by atoms with Crippen LogP contribution in [0.3, 0.4) is 0 Å². The van der Waals surface area contributed by atoms with E-state index in [0.29, 0.717) is 23.0 Å². The molecule has 4 rings (SSSR count). The van der Waals surface area contributed by atoms with Crippen LogP contribution in [0.5, 0.6) is 11.5 Å². The molecule has 116 valence electrons. The van der Waals surface area contributed by atoms with E-state index in [1.165, 1.54) is 25.7 Å². The maximum atomic E-state index is 12.2. The van der Waals surface area contributed by atoms with Crippen molar-refractivity contribution in [3.05, 3.63) is 23.8 Å². The third kappa shape index (κ3) is 2.34. The molecule has 0 unspecified atom stereocenters. The molecule has 1 amide bonds. The molecule has 1 N–H and O–H groups in total. The second kappa shape index (κ2) is 5.30. The van der Waals surface area contributed by atoms with Crippen LogP contribution in [0, 0.1) is 17.8 Å². The van der Waals surface area contributed by atoms with Crippen LogP contribution in [0.4, 0.5) is 0 Å². The predicted molar refractivity (Wildman–Crippen MR) is 82.1 cm³/mol. The van der Waals surface area contributed by atoms with Crippen LogP contribution < -0.4 is 14.9 Å². The van der Waals surface area contributed by atoms with Gasteiger partial charge in [-0.05, 0) is 56.2 Å². The minimum absolute atomic E-state index is 0.208. The molecule has 2 saturated carbocycles. The van der Waals surface area contributed by atoms with Crippen molar-refractivity contribution in [1.82, 2.24) is 5.43 Å². The Morgan fingerprint density at radius 3 is 2.86 bits per heavy atom. The molecule has 0 spiro atoms. The smallest absolute Gasteiger partial charge is 0.271 e. The van der Waals surface area contributed by atoms with Gasteiger partial charge >= 0.3 is 0 Å². The number of benzene rings is 1. The molecule has 2 fully saturated rings. The fourth-order valence-corrected chi connectivity index (χ4v) is 4.08. The van der Waals surface area contributed by atoms with Crippen LogP contribution in [-0.2, 0) is 0 Å². The van der Waals surface area contributed by atoms with Gasteiger partial charge in [-0.15, -0.1) is 0 Å². The summed E-state index contributed by atoms with van der Waals surface area (Å²) in [5.74, 6) is 3.29. The zero-order valence-corrected chi connectivity index (χ0v) is 12.7. The van der Waals surface area contributed by atoms with Gasteiger partial charge in [0.15, 0.2) is 11.5 Å². The fourth-order valence-electron chi connectivity index (χ4n) is 4.08. The second-order valence-corrected chi connectivity index (χ2v) is 6.54. The Bertz CT molecular complexity index is 641. The Kier molecular flexibility index (Phi) is 3.28. The number of carbonyl (C=O) groups excluding carboxylic acids is 1. The van der Waals surface area contributed by atoms with Gasteiger partial charge in [0.1, 0.15) is 0 Å². The minimum Gasteiger partial charge on any atom is -0.454 e. The first-order chi connectivity index (χ1) is 10.7. The molecule has 1 aliphatic heterocycles. The van der Waals surface area contributed by atoms with E-state index >= 15 is 0 Å². The van der Waals surface area contributed by atoms with Gasteiger partial charge in [-0.25, -0.2) is 5.43 Å². The quantitative estimate of drug-likeness (QED) is 0.689. The van der Waals surface area contributed by atoms with Gasteiger partial charge in [0, 0.05) is 17.2 Å². The summed E-state index contributed by atoms with van der Waals surface area (Å²) in [6.07, 6.45) is 5.27. The molecule has 2 bridgehead atoms. The zero-order valence-electron chi connectivity index (χ0n) is 12.7. The van der Waals surface area contributed by atoms with Crippen LogP contribution in [0.2, 0.25) is 0 Å². The molecule has 0 radical (unpaired) electrons. The maximum Gasteiger partial charge on any atom is 0.271 e. The van der Waals surface area contributed by atoms with Crippen LogP contribution in [-0.4, -0.2) is 18.4 Å². The number of hydrogen-bond donors (Lipinski definition) is 1. The highest BCUT2D eigenvalue weighted by Gasteiger charge is 2.40. The van der Waals surface area contributed by atoms with Crippen LogP contribution >= 0.6 is 0 Å². The largest absolute Gasteiger partial charge is 0.454 e. The lowest BCUT2D eigenvalue weighted by Gasteiger charge is -2.21. The number of rotatable bonds is 3. The summed E-state index contributed by atoms with van der Waals surface area (Å²) in [7, 11) is 0. The molecule has 0 saturated heterocycles. The summed E-state index contributed by atoms with van der Waals surface area (Å²) in [6.45, 7) is 2.24. The molecular formula is C17H20N2O3. The number of nitrogens with one attached hydrogen (secondary N) is 1. The number of nitrogens with zero attached hydrogens (tertiary/aromatic N) is 1. The molecule has 3 aliphatic rings. The first kappa shape index (κ1) is 13.6. The Hall–Kier alpha value is -2.04. The van der Waals surface area contributed by atoms with Crippen molar-refractivity contribution in [1.29, 1.82) is 0 Å². The summed E-state index contributed by atoms with van der Waals surface area (Å²) >= 11 is 0.